The van der Waals surface area contributed by atoms with E-state index < -0.39 is 0 Å². The molecule has 0 unspecified atom stereocenters. The van der Waals surface area contributed by atoms with Crippen LogP contribution in [0.2, 0.25) is 0 Å². The molecule has 5 heteroatoms. The highest BCUT2D eigenvalue weighted by Gasteiger charge is 2.08. The Labute approximate surface area is 101 Å². The Kier molecular flexibility index (Phi) is 5.14. The number of thiocarbonyl (C=S) groups is 1. The molecule has 1 aromatic rings. The molecule has 0 amide bonds. The maximum absolute atomic E-state index is 5.65. The van der Waals surface area contributed by atoms with Crippen LogP contribution in [0.15, 0.2) is 18.5 Å². The molecule has 0 aliphatic heterocycles. The van der Waals surface area contributed by atoms with Crippen molar-refractivity contribution in [2.24, 2.45) is 5.73 Å². The largest absolute Gasteiger partial charge is 0.389 e. The number of nitrogens with two attached hydrogens (primary N) is 1. The number of hydrogen-bond donors (Lipinski definition) is 1. The summed E-state index contributed by atoms with van der Waals surface area (Å²) in [5, 5.41) is 0. The number of pyridine rings is 1. The van der Waals surface area contributed by atoms with Crippen molar-refractivity contribution in [3.63, 3.8) is 0 Å². The highest BCUT2D eigenvalue weighted by molar-refractivity contribution is 7.80. The summed E-state index contributed by atoms with van der Waals surface area (Å²) in [6, 6.07) is 1.83. The van der Waals surface area contributed by atoms with Crippen LogP contribution < -0.4 is 10.6 Å². The first-order valence-electron chi connectivity index (χ1n) is 5.19. The standard InChI is InChI=1S/C11H17N3OS/c1-3-15-7-6-14(2)10-8-13-5-4-9(10)11(12)16/h4-5,8H,3,6-7H2,1-2H3,(H2,12,16). The first-order valence-corrected chi connectivity index (χ1v) is 5.60. The molecule has 0 spiro atoms. The minimum Gasteiger partial charge on any atom is -0.389 e. The predicted molar refractivity (Wildman–Crippen MR) is 69.9 cm³/mol. The monoisotopic (exact) mass is 239 g/mol. The van der Waals surface area contributed by atoms with Crippen LogP contribution >= 0.6 is 12.2 Å². The Morgan fingerprint density at radius 1 is 1.62 bits per heavy atom. The average Bonchev–Trinajstić information content (AvgIpc) is 2.29. The van der Waals surface area contributed by atoms with Gasteiger partial charge in [-0.05, 0) is 13.0 Å². The third kappa shape index (κ3) is 3.43. The van der Waals surface area contributed by atoms with Crippen LogP contribution in [0.4, 0.5) is 5.69 Å². The van der Waals surface area contributed by atoms with Crippen molar-refractivity contribution in [3.8, 4) is 0 Å². The van der Waals surface area contributed by atoms with Gasteiger partial charge in [0.2, 0.25) is 0 Å². The Bertz CT molecular complexity index is 357. The van der Waals surface area contributed by atoms with Crippen LogP contribution in [0.1, 0.15) is 12.5 Å². The molecular formula is C11H17N3OS. The number of ether oxygens (including phenoxy) is 1. The molecule has 16 heavy (non-hydrogen) atoms. The number of likely N-dealkylation sites (N-methyl/N-ethyl adjacent to an activating group) is 1. The van der Waals surface area contributed by atoms with E-state index in [2.05, 4.69) is 4.98 Å². The van der Waals surface area contributed by atoms with Gasteiger partial charge in [-0.25, -0.2) is 0 Å². The van der Waals surface area contributed by atoms with Gasteiger partial charge < -0.3 is 15.4 Å². The highest BCUT2D eigenvalue weighted by atomic mass is 32.1. The van der Waals surface area contributed by atoms with Crippen LogP contribution in [0.25, 0.3) is 0 Å². The zero-order valence-corrected chi connectivity index (χ0v) is 10.5. The molecule has 0 saturated carbocycles. The molecule has 88 valence electrons. The molecule has 0 fully saturated rings. The third-order valence-electron chi connectivity index (χ3n) is 2.25. The number of nitrogens with zero attached hydrogens (tertiary/aromatic N) is 2. The predicted octanol–water partition coefficient (Wildman–Crippen LogP) is 1.19. The summed E-state index contributed by atoms with van der Waals surface area (Å²) in [7, 11) is 1.97. The molecule has 0 atom stereocenters. The smallest absolute Gasteiger partial charge is 0.106 e. The van der Waals surface area contributed by atoms with Gasteiger partial charge in [-0.2, -0.15) is 0 Å². The first kappa shape index (κ1) is 12.9. The Morgan fingerprint density at radius 3 is 3.00 bits per heavy atom. The zero-order valence-electron chi connectivity index (χ0n) is 9.64. The van der Waals surface area contributed by atoms with Gasteiger partial charge in [0.25, 0.3) is 0 Å². The zero-order chi connectivity index (χ0) is 12.0. The fraction of sp³-hybridized carbons (Fsp3) is 0.455. The molecule has 0 radical (unpaired) electrons. The third-order valence-corrected chi connectivity index (χ3v) is 2.47. The fourth-order valence-electron chi connectivity index (χ4n) is 1.36. The first-order chi connectivity index (χ1) is 7.66. The van der Waals surface area contributed by atoms with Gasteiger partial charge in [0.05, 0.1) is 18.5 Å². The fourth-order valence-corrected chi connectivity index (χ4v) is 1.54. The molecule has 2 N–H and O–H groups in total. The van der Waals surface area contributed by atoms with Gasteiger partial charge in [0, 0.05) is 32.0 Å². The van der Waals surface area contributed by atoms with Crippen LogP contribution in [0.5, 0.6) is 0 Å². The van der Waals surface area contributed by atoms with Crippen molar-refractivity contribution in [2.45, 2.75) is 6.92 Å². The van der Waals surface area contributed by atoms with Crippen molar-refractivity contribution < 1.29 is 4.74 Å². The van der Waals surface area contributed by atoms with Gasteiger partial charge in [-0.1, -0.05) is 12.2 Å². The Balaban J connectivity index is 2.74. The summed E-state index contributed by atoms with van der Waals surface area (Å²) in [5.74, 6) is 0. The normalized spacial score (nSPS) is 10.1. The van der Waals surface area contributed by atoms with Gasteiger partial charge in [0.1, 0.15) is 4.99 Å². The Hall–Kier alpha value is -1.20. The molecule has 1 aromatic heterocycles. The summed E-state index contributed by atoms with van der Waals surface area (Å²) in [6.07, 6.45) is 3.45. The maximum atomic E-state index is 5.65. The molecule has 1 rings (SSSR count). The lowest BCUT2D eigenvalue weighted by Gasteiger charge is -2.21. The SMILES string of the molecule is CCOCCN(C)c1cnccc1C(N)=S. The van der Waals surface area contributed by atoms with Crippen molar-refractivity contribution in [1.82, 2.24) is 4.98 Å². The Morgan fingerprint density at radius 2 is 2.38 bits per heavy atom. The highest BCUT2D eigenvalue weighted by Crippen LogP contribution is 2.17. The number of aromatic nitrogens is 1. The topological polar surface area (TPSA) is 51.4 Å². The molecule has 0 aliphatic rings. The lowest BCUT2D eigenvalue weighted by Crippen LogP contribution is -2.25. The molecule has 0 bridgehead atoms. The second kappa shape index (κ2) is 6.40. The van der Waals surface area contributed by atoms with E-state index in [4.69, 9.17) is 22.7 Å². The van der Waals surface area contributed by atoms with E-state index in [0.717, 1.165) is 24.4 Å². The van der Waals surface area contributed by atoms with Crippen molar-refractivity contribution >= 4 is 22.9 Å². The van der Waals surface area contributed by atoms with E-state index in [9.17, 15) is 0 Å². The van der Waals surface area contributed by atoms with Gasteiger partial charge in [-0.3, -0.25) is 4.98 Å². The summed E-state index contributed by atoms with van der Waals surface area (Å²) < 4.78 is 5.30. The number of anilines is 1. The summed E-state index contributed by atoms with van der Waals surface area (Å²) >= 11 is 5.00. The summed E-state index contributed by atoms with van der Waals surface area (Å²) in [6.45, 7) is 4.17. The lowest BCUT2D eigenvalue weighted by atomic mass is 10.2. The summed E-state index contributed by atoms with van der Waals surface area (Å²) in [4.78, 5) is 6.51. The molecule has 4 nitrogen and oxygen atoms in total. The van der Waals surface area contributed by atoms with Gasteiger partial charge in [-0.15, -0.1) is 0 Å². The van der Waals surface area contributed by atoms with Gasteiger partial charge >= 0.3 is 0 Å². The molecule has 0 aliphatic carbocycles. The van der Waals surface area contributed by atoms with E-state index in [1.165, 1.54) is 0 Å². The second-order valence-electron chi connectivity index (χ2n) is 3.38. The van der Waals surface area contributed by atoms with Crippen molar-refractivity contribution in [3.05, 3.63) is 24.0 Å². The second-order valence-corrected chi connectivity index (χ2v) is 3.82. The van der Waals surface area contributed by atoms with Crippen LogP contribution in [0.3, 0.4) is 0 Å². The van der Waals surface area contributed by atoms with Crippen LogP contribution in [-0.4, -0.2) is 36.8 Å². The van der Waals surface area contributed by atoms with E-state index >= 15 is 0 Å². The lowest BCUT2D eigenvalue weighted by molar-refractivity contribution is 0.154. The minimum absolute atomic E-state index is 0.389. The quantitative estimate of drug-likeness (QED) is 0.597. The molecule has 1 heterocycles. The molecule has 0 saturated heterocycles. The molecule has 0 aromatic carbocycles. The van der Waals surface area contributed by atoms with Crippen LogP contribution in [-0.2, 0) is 4.74 Å². The maximum Gasteiger partial charge on any atom is 0.106 e. The summed E-state index contributed by atoms with van der Waals surface area (Å²) in [5.41, 5.74) is 7.44. The van der Waals surface area contributed by atoms with Gasteiger partial charge in [0.15, 0.2) is 0 Å². The van der Waals surface area contributed by atoms with E-state index in [1.54, 1.807) is 12.4 Å². The molecular weight excluding hydrogens is 222 g/mol. The minimum atomic E-state index is 0.389. The van der Waals surface area contributed by atoms with Crippen LogP contribution in [0, 0.1) is 0 Å². The van der Waals surface area contributed by atoms with E-state index in [1.807, 2.05) is 24.9 Å². The average molecular weight is 239 g/mol. The number of rotatable bonds is 6. The van der Waals surface area contributed by atoms with Crippen molar-refractivity contribution in [1.29, 1.82) is 0 Å². The number of hydrogen-bond acceptors (Lipinski definition) is 4. The van der Waals surface area contributed by atoms with E-state index in [-0.39, 0.29) is 0 Å². The van der Waals surface area contributed by atoms with Crippen molar-refractivity contribution in [2.75, 3.05) is 31.7 Å². The van der Waals surface area contributed by atoms with E-state index in [0.29, 0.717) is 11.6 Å².